The Morgan fingerprint density at radius 2 is 2.10 bits per heavy atom. The molecule has 3 aromatic rings. The standard InChI is InChI=1S/C20H22N4O4S/c1-14-11-18(24(23-14)16-9-10-29(26,27)13-16)22-19(25)7-8-20-21-12-17(28-20)15-5-3-2-4-6-15/h2-6,11-12,16H,7-10,13H2,1H3,(H,22,25). The lowest BCUT2D eigenvalue weighted by molar-refractivity contribution is -0.116. The highest BCUT2D eigenvalue weighted by molar-refractivity contribution is 7.91. The van der Waals surface area contributed by atoms with Gasteiger partial charge in [-0.3, -0.25) is 4.79 Å². The van der Waals surface area contributed by atoms with E-state index in [2.05, 4.69) is 15.4 Å². The van der Waals surface area contributed by atoms with Crippen molar-refractivity contribution in [2.75, 3.05) is 16.8 Å². The third-order valence-electron chi connectivity index (χ3n) is 4.86. The summed E-state index contributed by atoms with van der Waals surface area (Å²) in [4.78, 5) is 16.7. The topological polar surface area (TPSA) is 107 Å². The number of amides is 1. The van der Waals surface area contributed by atoms with Crippen molar-refractivity contribution in [3.8, 4) is 11.3 Å². The molecule has 1 fully saturated rings. The molecule has 8 nitrogen and oxygen atoms in total. The minimum atomic E-state index is -3.04. The van der Waals surface area contributed by atoms with E-state index in [4.69, 9.17) is 4.42 Å². The highest BCUT2D eigenvalue weighted by Crippen LogP contribution is 2.27. The van der Waals surface area contributed by atoms with Crippen LogP contribution in [0.2, 0.25) is 0 Å². The molecule has 1 unspecified atom stereocenters. The molecule has 3 heterocycles. The molecule has 0 saturated carbocycles. The van der Waals surface area contributed by atoms with E-state index in [0.717, 1.165) is 11.3 Å². The maximum atomic E-state index is 12.4. The summed E-state index contributed by atoms with van der Waals surface area (Å²) in [5.41, 5.74) is 1.66. The van der Waals surface area contributed by atoms with Crippen LogP contribution in [-0.4, -0.2) is 40.6 Å². The molecule has 1 amide bonds. The molecule has 0 bridgehead atoms. The second-order valence-corrected chi connectivity index (χ2v) is 9.43. The van der Waals surface area contributed by atoms with Crippen molar-refractivity contribution in [3.05, 3.63) is 54.2 Å². The minimum Gasteiger partial charge on any atom is -0.441 e. The molecule has 152 valence electrons. The summed E-state index contributed by atoms with van der Waals surface area (Å²) >= 11 is 0. The Morgan fingerprint density at radius 3 is 2.83 bits per heavy atom. The fourth-order valence-corrected chi connectivity index (χ4v) is 5.14. The van der Waals surface area contributed by atoms with Crippen LogP contribution >= 0.6 is 0 Å². The summed E-state index contributed by atoms with van der Waals surface area (Å²) < 4.78 is 30.9. The zero-order chi connectivity index (χ0) is 20.4. The van der Waals surface area contributed by atoms with Crippen molar-refractivity contribution < 1.29 is 17.6 Å². The number of nitrogens with one attached hydrogen (secondary N) is 1. The molecule has 2 aromatic heterocycles. The van der Waals surface area contributed by atoms with Gasteiger partial charge in [0.1, 0.15) is 5.82 Å². The Hall–Kier alpha value is -2.94. The summed E-state index contributed by atoms with van der Waals surface area (Å²) in [5, 5.41) is 7.21. The number of aromatic nitrogens is 3. The van der Waals surface area contributed by atoms with Crippen molar-refractivity contribution >= 4 is 21.6 Å². The quantitative estimate of drug-likeness (QED) is 0.665. The molecule has 1 aliphatic rings. The molecule has 1 atom stereocenters. The third kappa shape index (κ3) is 4.56. The van der Waals surface area contributed by atoms with Crippen LogP contribution in [0.1, 0.15) is 30.5 Å². The molecule has 29 heavy (non-hydrogen) atoms. The lowest BCUT2D eigenvalue weighted by Gasteiger charge is -2.13. The highest BCUT2D eigenvalue weighted by atomic mass is 32.2. The van der Waals surface area contributed by atoms with Gasteiger partial charge in [0.15, 0.2) is 21.5 Å². The van der Waals surface area contributed by atoms with E-state index in [1.165, 1.54) is 0 Å². The first-order chi connectivity index (χ1) is 13.9. The van der Waals surface area contributed by atoms with Crippen molar-refractivity contribution in [1.82, 2.24) is 14.8 Å². The number of hydrogen-bond acceptors (Lipinski definition) is 6. The van der Waals surface area contributed by atoms with Crippen LogP contribution in [0.5, 0.6) is 0 Å². The number of benzene rings is 1. The predicted molar refractivity (Wildman–Crippen MR) is 108 cm³/mol. The number of sulfone groups is 1. The third-order valence-corrected chi connectivity index (χ3v) is 6.61. The Kier molecular flexibility index (Phi) is 5.23. The van der Waals surface area contributed by atoms with Crippen molar-refractivity contribution in [1.29, 1.82) is 0 Å². The van der Waals surface area contributed by atoms with E-state index in [0.29, 0.717) is 30.3 Å². The molecule has 9 heteroatoms. The van der Waals surface area contributed by atoms with Gasteiger partial charge in [-0.25, -0.2) is 18.1 Å². The Bertz CT molecular complexity index is 1120. The van der Waals surface area contributed by atoms with Crippen molar-refractivity contribution in [2.45, 2.75) is 32.2 Å². The average molecular weight is 414 g/mol. The van der Waals surface area contributed by atoms with E-state index in [-0.39, 0.29) is 29.9 Å². The number of rotatable bonds is 6. The van der Waals surface area contributed by atoms with Crippen LogP contribution in [0.3, 0.4) is 0 Å². The van der Waals surface area contributed by atoms with Gasteiger partial charge in [-0.2, -0.15) is 5.10 Å². The second-order valence-electron chi connectivity index (χ2n) is 7.20. The second kappa shape index (κ2) is 7.82. The molecular weight excluding hydrogens is 392 g/mol. The van der Waals surface area contributed by atoms with Crippen molar-refractivity contribution in [3.63, 3.8) is 0 Å². The molecule has 0 radical (unpaired) electrons. The molecule has 1 N–H and O–H groups in total. The number of oxazole rings is 1. The van der Waals surface area contributed by atoms with Crippen LogP contribution in [-0.2, 0) is 21.1 Å². The molecule has 0 spiro atoms. The zero-order valence-electron chi connectivity index (χ0n) is 16.0. The number of nitrogens with zero attached hydrogens (tertiary/aromatic N) is 3. The monoisotopic (exact) mass is 414 g/mol. The van der Waals surface area contributed by atoms with Crippen LogP contribution in [0.15, 0.2) is 47.0 Å². The van der Waals surface area contributed by atoms with Crippen LogP contribution in [0, 0.1) is 6.92 Å². The van der Waals surface area contributed by atoms with Gasteiger partial charge in [-0.15, -0.1) is 0 Å². The number of aryl methyl sites for hydroxylation is 2. The van der Waals surface area contributed by atoms with Crippen LogP contribution < -0.4 is 5.32 Å². The van der Waals surface area contributed by atoms with Gasteiger partial charge in [0, 0.05) is 24.5 Å². The van der Waals surface area contributed by atoms with Gasteiger partial charge in [-0.1, -0.05) is 30.3 Å². The normalized spacial score (nSPS) is 18.0. The molecule has 1 aliphatic heterocycles. The maximum Gasteiger partial charge on any atom is 0.226 e. The number of anilines is 1. The molecular formula is C20H22N4O4S. The first kappa shape index (κ1) is 19.4. The molecule has 1 aromatic carbocycles. The largest absolute Gasteiger partial charge is 0.441 e. The smallest absolute Gasteiger partial charge is 0.226 e. The fraction of sp³-hybridized carbons (Fsp3) is 0.350. The zero-order valence-corrected chi connectivity index (χ0v) is 16.9. The summed E-state index contributed by atoms with van der Waals surface area (Å²) in [5.74, 6) is 1.68. The fourth-order valence-electron chi connectivity index (χ4n) is 3.44. The summed E-state index contributed by atoms with van der Waals surface area (Å²) in [6.07, 6.45) is 2.72. The molecule has 0 aliphatic carbocycles. The van der Waals surface area contributed by atoms with Gasteiger partial charge in [0.05, 0.1) is 29.4 Å². The lowest BCUT2D eigenvalue weighted by Crippen LogP contribution is -2.19. The van der Waals surface area contributed by atoms with Gasteiger partial charge in [0.25, 0.3) is 0 Å². The van der Waals surface area contributed by atoms with E-state index < -0.39 is 9.84 Å². The maximum absolute atomic E-state index is 12.4. The molecule has 1 saturated heterocycles. The number of carbonyl (C=O) groups is 1. The van der Waals surface area contributed by atoms with E-state index in [1.807, 2.05) is 37.3 Å². The highest BCUT2D eigenvalue weighted by Gasteiger charge is 2.31. The van der Waals surface area contributed by atoms with Gasteiger partial charge < -0.3 is 9.73 Å². The van der Waals surface area contributed by atoms with Crippen LogP contribution in [0.25, 0.3) is 11.3 Å². The summed E-state index contributed by atoms with van der Waals surface area (Å²) in [6, 6.07) is 11.1. The summed E-state index contributed by atoms with van der Waals surface area (Å²) in [7, 11) is -3.04. The van der Waals surface area contributed by atoms with E-state index in [1.54, 1.807) is 16.9 Å². The Morgan fingerprint density at radius 1 is 1.31 bits per heavy atom. The number of carbonyl (C=O) groups excluding carboxylic acids is 1. The van der Waals surface area contributed by atoms with Gasteiger partial charge >= 0.3 is 0 Å². The first-order valence-electron chi connectivity index (χ1n) is 9.46. The number of hydrogen-bond donors (Lipinski definition) is 1. The van der Waals surface area contributed by atoms with Crippen LogP contribution in [0.4, 0.5) is 5.82 Å². The minimum absolute atomic E-state index is 0.0512. The molecule has 4 rings (SSSR count). The average Bonchev–Trinajstić information content (AvgIpc) is 3.39. The summed E-state index contributed by atoms with van der Waals surface area (Å²) in [6.45, 7) is 1.81. The Labute approximate surface area is 168 Å². The van der Waals surface area contributed by atoms with E-state index in [9.17, 15) is 13.2 Å². The van der Waals surface area contributed by atoms with Gasteiger partial charge in [0.2, 0.25) is 5.91 Å². The predicted octanol–water partition coefficient (Wildman–Crippen LogP) is 2.78. The van der Waals surface area contributed by atoms with E-state index >= 15 is 0 Å². The lowest BCUT2D eigenvalue weighted by atomic mass is 10.2. The van der Waals surface area contributed by atoms with Gasteiger partial charge in [-0.05, 0) is 13.3 Å². The van der Waals surface area contributed by atoms with Crippen molar-refractivity contribution in [2.24, 2.45) is 0 Å². The first-order valence-corrected chi connectivity index (χ1v) is 11.3. The SMILES string of the molecule is Cc1cc(NC(=O)CCc2ncc(-c3ccccc3)o2)n(C2CCS(=O)(=O)C2)n1. The Balaban J connectivity index is 1.38.